The van der Waals surface area contributed by atoms with Gasteiger partial charge in [0.15, 0.2) is 0 Å². The number of benzene rings is 1. The van der Waals surface area contributed by atoms with Crippen LogP contribution in [-0.4, -0.2) is 53.5 Å². The number of carbonyl (C=O) groups is 3. The van der Waals surface area contributed by atoms with Crippen molar-refractivity contribution in [1.29, 1.82) is 0 Å². The quantitative estimate of drug-likeness (QED) is 0.663. The average molecular weight is 350 g/mol. The molecule has 1 rings (SSSR count). The Hall–Kier alpha value is -2.57. The Morgan fingerprint density at radius 2 is 1.88 bits per heavy atom. The second kappa shape index (κ2) is 9.05. The lowest BCUT2D eigenvalue weighted by Crippen LogP contribution is -2.50. The lowest BCUT2D eigenvalue weighted by molar-refractivity contribution is -0.155. The molecule has 0 bridgehead atoms. The van der Waals surface area contributed by atoms with Crippen molar-refractivity contribution in [2.45, 2.75) is 39.2 Å². The molecule has 0 aromatic heterocycles. The number of carbonyl (C=O) groups excluding carboxylic acids is 2. The molecule has 7 nitrogen and oxygen atoms in total. The van der Waals surface area contributed by atoms with Gasteiger partial charge >= 0.3 is 5.97 Å². The largest absolute Gasteiger partial charge is 0.493 e. The lowest BCUT2D eigenvalue weighted by Gasteiger charge is -2.31. The van der Waals surface area contributed by atoms with Gasteiger partial charge in [-0.3, -0.25) is 9.59 Å². The van der Waals surface area contributed by atoms with E-state index in [0.717, 1.165) is 0 Å². The summed E-state index contributed by atoms with van der Waals surface area (Å²) in [6, 6.07) is 6.95. The van der Waals surface area contributed by atoms with Gasteiger partial charge < -0.3 is 20.1 Å². The minimum Gasteiger partial charge on any atom is -0.493 e. The predicted octanol–water partition coefficient (Wildman–Crippen LogP) is 1.92. The maximum Gasteiger partial charge on any atom is 0.329 e. The number of para-hydroxylation sites is 1. The van der Waals surface area contributed by atoms with Crippen LogP contribution in [0.4, 0.5) is 0 Å². The fourth-order valence-electron chi connectivity index (χ4n) is 2.10. The zero-order valence-electron chi connectivity index (χ0n) is 15.2. The van der Waals surface area contributed by atoms with Crippen molar-refractivity contribution in [3.8, 4) is 5.75 Å². The fourth-order valence-corrected chi connectivity index (χ4v) is 2.10. The van der Waals surface area contributed by atoms with Crippen molar-refractivity contribution in [3.05, 3.63) is 29.8 Å². The van der Waals surface area contributed by atoms with Crippen LogP contribution in [0.25, 0.3) is 0 Å². The van der Waals surface area contributed by atoms with E-state index in [1.165, 1.54) is 25.8 Å². The first-order valence-electron chi connectivity index (χ1n) is 8.21. The van der Waals surface area contributed by atoms with E-state index in [0.29, 0.717) is 30.9 Å². The highest BCUT2D eigenvalue weighted by molar-refractivity contribution is 5.96. The number of carboxylic acids is 1. The van der Waals surface area contributed by atoms with Gasteiger partial charge in [0.05, 0.1) is 12.2 Å². The van der Waals surface area contributed by atoms with E-state index in [2.05, 4.69) is 5.32 Å². The molecule has 2 amide bonds. The molecule has 0 atom stereocenters. The maximum atomic E-state index is 12.2. The molecule has 0 aliphatic heterocycles. The normalized spacial score (nSPS) is 10.9. The van der Waals surface area contributed by atoms with Crippen molar-refractivity contribution < 1.29 is 24.2 Å². The first-order valence-corrected chi connectivity index (χ1v) is 8.21. The van der Waals surface area contributed by atoms with E-state index in [4.69, 9.17) is 9.84 Å². The maximum absolute atomic E-state index is 12.2. The molecule has 138 valence electrons. The number of ether oxygens (including phenoxy) is 1. The second-order valence-corrected chi connectivity index (χ2v) is 6.11. The number of nitrogens with one attached hydrogen (secondary N) is 1. The van der Waals surface area contributed by atoms with Crippen molar-refractivity contribution in [3.63, 3.8) is 0 Å². The van der Waals surface area contributed by atoms with Crippen LogP contribution in [0.2, 0.25) is 0 Å². The first-order chi connectivity index (χ1) is 11.7. The summed E-state index contributed by atoms with van der Waals surface area (Å²) in [5.41, 5.74) is -0.823. The minimum absolute atomic E-state index is 0.153. The van der Waals surface area contributed by atoms with Crippen LogP contribution in [0.15, 0.2) is 24.3 Å². The Balaban J connectivity index is 2.49. The number of rotatable bonds is 9. The molecule has 7 heteroatoms. The molecule has 0 saturated carbocycles. The van der Waals surface area contributed by atoms with Crippen LogP contribution in [0.5, 0.6) is 5.75 Å². The third-order valence-electron chi connectivity index (χ3n) is 4.02. The average Bonchev–Trinajstić information content (AvgIpc) is 2.58. The van der Waals surface area contributed by atoms with Gasteiger partial charge in [0.25, 0.3) is 5.91 Å². The zero-order valence-corrected chi connectivity index (χ0v) is 15.2. The number of nitrogens with zero attached hydrogens (tertiary/aromatic N) is 1. The van der Waals surface area contributed by atoms with Crippen LogP contribution in [-0.2, 0) is 9.59 Å². The summed E-state index contributed by atoms with van der Waals surface area (Å²) in [7, 11) is 1.47. The summed E-state index contributed by atoms with van der Waals surface area (Å²) in [5.74, 6) is -1.10. The van der Waals surface area contributed by atoms with Gasteiger partial charge in [-0.05, 0) is 39.3 Å². The van der Waals surface area contributed by atoms with E-state index < -0.39 is 11.5 Å². The Bertz CT molecular complexity index is 628. The van der Waals surface area contributed by atoms with Crippen LogP contribution >= 0.6 is 0 Å². The number of hydrogen-bond acceptors (Lipinski definition) is 4. The van der Waals surface area contributed by atoms with E-state index in [9.17, 15) is 14.4 Å². The molecule has 1 aromatic rings. The molecule has 0 fully saturated rings. The third-order valence-corrected chi connectivity index (χ3v) is 4.02. The van der Waals surface area contributed by atoms with E-state index in [-0.39, 0.29) is 18.2 Å². The summed E-state index contributed by atoms with van der Waals surface area (Å²) in [5, 5.41) is 11.9. The minimum atomic E-state index is -1.27. The number of amides is 2. The van der Waals surface area contributed by atoms with Gasteiger partial charge in [0.1, 0.15) is 11.3 Å². The van der Waals surface area contributed by atoms with Crippen LogP contribution in [0, 0.1) is 0 Å². The highest BCUT2D eigenvalue weighted by Crippen LogP contribution is 2.18. The second-order valence-electron chi connectivity index (χ2n) is 6.11. The molecule has 0 unspecified atom stereocenters. The molecule has 0 spiro atoms. The summed E-state index contributed by atoms with van der Waals surface area (Å²) >= 11 is 0. The first kappa shape index (κ1) is 20.5. The summed E-state index contributed by atoms with van der Waals surface area (Å²) in [6.45, 7) is 5.56. The summed E-state index contributed by atoms with van der Waals surface area (Å²) in [4.78, 5) is 36.7. The predicted molar refractivity (Wildman–Crippen MR) is 93.7 cm³/mol. The van der Waals surface area contributed by atoms with Gasteiger partial charge in [-0.25, -0.2) is 4.79 Å². The number of carboxylic acid groups (broad SMARTS) is 1. The third kappa shape index (κ3) is 5.48. The monoisotopic (exact) mass is 350 g/mol. The van der Waals surface area contributed by atoms with Crippen LogP contribution < -0.4 is 10.1 Å². The Morgan fingerprint density at radius 1 is 1.24 bits per heavy atom. The Labute approximate surface area is 148 Å². The zero-order chi connectivity index (χ0) is 19.0. The highest BCUT2D eigenvalue weighted by Gasteiger charge is 2.34. The highest BCUT2D eigenvalue weighted by atomic mass is 16.5. The van der Waals surface area contributed by atoms with Crippen molar-refractivity contribution in [2.75, 3.05) is 20.2 Å². The smallest absolute Gasteiger partial charge is 0.329 e. The van der Waals surface area contributed by atoms with Gasteiger partial charge in [-0.2, -0.15) is 0 Å². The fraction of sp³-hybridized carbons (Fsp3) is 0.500. The molecule has 0 aliphatic carbocycles. The molecule has 0 radical (unpaired) electrons. The van der Waals surface area contributed by atoms with Crippen molar-refractivity contribution in [1.82, 2.24) is 10.2 Å². The molecule has 2 N–H and O–H groups in total. The van der Waals surface area contributed by atoms with Crippen LogP contribution in [0.3, 0.4) is 0 Å². The SMILES string of the molecule is CCOc1ccccc1C(=O)NCCCC(=O)N(C)C(C)(C)C(=O)O. The standard InChI is InChI=1S/C18H26N2O5/c1-5-25-14-10-7-6-9-13(14)16(22)19-12-8-11-15(21)20(4)18(2,3)17(23)24/h6-7,9-10H,5,8,11-12H2,1-4H3,(H,19,22)(H,23,24). The number of aliphatic carboxylic acids is 1. The lowest BCUT2D eigenvalue weighted by atomic mass is 10.0. The molecule has 25 heavy (non-hydrogen) atoms. The number of likely N-dealkylation sites (N-methyl/N-ethyl adjacent to an activating group) is 1. The van der Waals surface area contributed by atoms with Crippen LogP contribution in [0.1, 0.15) is 44.0 Å². The van der Waals surface area contributed by atoms with Gasteiger partial charge in [0.2, 0.25) is 5.91 Å². The topological polar surface area (TPSA) is 95.9 Å². The van der Waals surface area contributed by atoms with Crippen molar-refractivity contribution >= 4 is 17.8 Å². The molecule has 0 saturated heterocycles. The summed E-state index contributed by atoms with van der Waals surface area (Å²) in [6.07, 6.45) is 0.571. The molecular weight excluding hydrogens is 324 g/mol. The molecule has 1 aromatic carbocycles. The number of hydrogen-bond donors (Lipinski definition) is 2. The van der Waals surface area contributed by atoms with Gasteiger partial charge in [-0.1, -0.05) is 12.1 Å². The molecule has 0 aliphatic rings. The van der Waals surface area contributed by atoms with E-state index in [1.54, 1.807) is 24.3 Å². The Morgan fingerprint density at radius 3 is 2.48 bits per heavy atom. The van der Waals surface area contributed by atoms with Gasteiger partial charge in [0, 0.05) is 20.0 Å². The molecule has 0 heterocycles. The molecular formula is C18H26N2O5. The summed E-state index contributed by atoms with van der Waals surface area (Å²) < 4.78 is 5.42. The van der Waals surface area contributed by atoms with E-state index >= 15 is 0 Å². The van der Waals surface area contributed by atoms with Crippen molar-refractivity contribution in [2.24, 2.45) is 0 Å². The van der Waals surface area contributed by atoms with E-state index in [1.807, 2.05) is 6.92 Å². The van der Waals surface area contributed by atoms with Gasteiger partial charge in [-0.15, -0.1) is 0 Å². The Kier molecular flexibility index (Phi) is 7.42.